The first-order valence-corrected chi connectivity index (χ1v) is 6.57. The smallest absolute Gasteiger partial charge is 0.274 e. The summed E-state index contributed by atoms with van der Waals surface area (Å²) in [6.07, 6.45) is 5.15. The maximum Gasteiger partial charge on any atom is 0.274 e. The molecule has 0 radical (unpaired) electrons. The van der Waals surface area contributed by atoms with Crippen LogP contribution >= 0.6 is 0 Å². The van der Waals surface area contributed by atoms with Crippen LogP contribution in [0.5, 0.6) is 0 Å². The number of hydrogen-bond acceptors (Lipinski definition) is 5. The number of piperidine rings is 1. The maximum absolute atomic E-state index is 12.3. The van der Waals surface area contributed by atoms with E-state index >= 15 is 0 Å². The highest BCUT2D eigenvalue weighted by atomic mass is 16.2. The molecule has 0 bridgehead atoms. The summed E-state index contributed by atoms with van der Waals surface area (Å²) >= 11 is 0. The Bertz CT molecular complexity index is 423. The molecular formula is C13H21N5O. The Hall–Kier alpha value is -1.69. The fourth-order valence-corrected chi connectivity index (χ4v) is 2.31. The Morgan fingerprint density at radius 2 is 2.00 bits per heavy atom. The van der Waals surface area contributed by atoms with Crippen molar-refractivity contribution in [2.24, 2.45) is 0 Å². The first kappa shape index (κ1) is 13.7. The standard InChI is InChI=1S/C13H21N5O/c1-14-12-9-15-11(8-16-12)13(19)18-6-4-10(5-7-18)17(2)3/h8-10H,4-7H2,1-3H3,(H,14,16). The van der Waals surface area contributed by atoms with Crippen LogP contribution in [-0.2, 0) is 0 Å². The van der Waals surface area contributed by atoms with Gasteiger partial charge in [0.2, 0.25) is 0 Å². The molecule has 1 amide bonds. The van der Waals surface area contributed by atoms with E-state index in [0.717, 1.165) is 25.9 Å². The van der Waals surface area contributed by atoms with E-state index in [1.165, 1.54) is 6.20 Å². The molecule has 2 rings (SSSR count). The third-order valence-corrected chi connectivity index (χ3v) is 3.61. The van der Waals surface area contributed by atoms with Gasteiger partial charge in [0.05, 0.1) is 12.4 Å². The summed E-state index contributed by atoms with van der Waals surface area (Å²) in [7, 11) is 5.95. The predicted octanol–water partition coefficient (Wildman–Crippen LogP) is 0.684. The summed E-state index contributed by atoms with van der Waals surface area (Å²) in [5.74, 6) is 0.648. The van der Waals surface area contributed by atoms with Gasteiger partial charge in [-0.2, -0.15) is 0 Å². The van der Waals surface area contributed by atoms with Gasteiger partial charge in [-0.15, -0.1) is 0 Å². The molecule has 1 aliphatic heterocycles. The molecule has 1 aromatic rings. The summed E-state index contributed by atoms with van der Waals surface area (Å²) in [4.78, 5) is 24.6. The fourth-order valence-electron chi connectivity index (χ4n) is 2.31. The molecule has 19 heavy (non-hydrogen) atoms. The number of hydrogen-bond donors (Lipinski definition) is 1. The lowest BCUT2D eigenvalue weighted by Crippen LogP contribution is -2.44. The summed E-state index contributed by atoms with van der Waals surface area (Å²) in [6, 6.07) is 0.571. The normalized spacial score (nSPS) is 16.7. The van der Waals surface area contributed by atoms with Gasteiger partial charge in [-0.25, -0.2) is 9.97 Å². The molecule has 0 atom stereocenters. The van der Waals surface area contributed by atoms with Crippen LogP contribution in [0.4, 0.5) is 5.82 Å². The maximum atomic E-state index is 12.3. The number of amides is 1. The van der Waals surface area contributed by atoms with Gasteiger partial charge in [0.15, 0.2) is 0 Å². The highest BCUT2D eigenvalue weighted by molar-refractivity contribution is 5.92. The largest absolute Gasteiger partial charge is 0.372 e. The minimum atomic E-state index is -0.0210. The minimum Gasteiger partial charge on any atom is -0.372 e. The van der Waals surface area contributed by atoms with Crippen molar-refractivity contribution in [3.8, 4) is 0 Å². The van der Waals surface area contributed by atoms with Gasteiger partial charge < -0.3 is 15.1 Å². The zero-order valence-electron chi connectivity index (χ0n) is 11.8. The van der Waals surface area contributed by atoms with Gasteiger partial charge in [0.25, 0.3) is 5.91 Å². The molecule has 2 heterocycles. The lowest BCUT2D eigenvalue weighted by atomic mass is 10.0. The molecule has 6 nitrogen and oxygen atoms in total. The highest BCUT2D eigenvalue weighted by Crippen LogP contribution is 2.16. The molecule has 1 saturated heterocycles. The third kappa shape index (κ3) is 3.20. The van der Waals surface area contributed by atoms with Crippen molar-refractivity contribution in [2.45, 2.75) is 18.9 Å². The average Bonchev–Trinajstić information content (AvgIpc) is 2.46. The Labute approximate surface area is 113 Å². The van der Waals surface area contributed by atoms with Gasteiger partial charge in [-0.3, -0.25) is 4.79 Å². The first-order chi connectivity index (χ1) is 9.11. The average molecular weight is 263 g/mol. The first-order valence-electron chi connectivity index (χ1n) is 6.57. The van der Waals surface area contributed by atoms with E-state index in [2.05, 4.69) is 34.3 Å². The fraction of sp³-hybridized carbons (Fsp3) is 0.615. The minimum absolute atomic E-state index is 0.0210. The van der Waals surface area contributed by atoms with Crippen LogP contribution in [0, 0.1) is 0 Å². The van der Waals surface area contributed by atoms with E-state index < -0.39 is 0 Å². The van der Waals surface area contributed by atoms with Gasteiger partial charge in [-0.1, -0.05) is 0 Å². The van der Waals surface area contributed by atoms with Crippen LogP contribution in [0.25, 0.3) is 0 Å². The number of nitrogens with one attached hydrogen (secondary N) is 1. The monoisotopic (exact) mass is 263 g/mol. The summed E-state index contributed by atoms with van der Waals surface area (Å²) in [5, 5.41) is 2.89. The lowest BCUT2D eigenvalue weighted by molar-refractivity contribution is 0.0657. The number of rotatable bonds is 3. The van der Waals surface area contributed by atoms with Crippen molar-refractivity contribution >= 4 is 11.7 Å². The number of aromatic nitrogens is 2. The van der Waals surface area contributed by atoms with Gasteiger partial charge in [-0.05, 0) is 26.9 Å². The number of anilines is 1. The molecule has 1 fully saturated rings. The van der Waals surface area contributed by atoms with Crippen LogP contribution in [-0.4, -0.2) is 65.9 Å². The second-order valence-electron chi connectivity index (χ2n) is 5.02. The Kier molecular flexibility index (Phi) is 4.31. The van der Waals surface area contributed by atoms with Crippen molar-refractivity contribution in [3.63, 3.8) is 0 Å². The van der Waals surface area contributed by atoms with Crippen molar-refractivity contribution in [2.75, 3.05) is 39.5 Å². The molecule has 1 N–H and O–H groups in total. The van der Waals surface area contributed by atoms with Gasteiger partial charge in [0.1, 0.15) is 11.5 Å². The molecule has 0 aliphatic carbocycles. The predicted molar refractivity (Wildman–Crippen MR) is 74.2 cm³/mol. The molecule has 0 unspecified atom stereocenters. The van der Waals surface area contributed by atoms with Crippen LogP contribution in [0.15, 0.2) is 12.4 Å². The highest BCUT2D eigenvalue weighted by Gasteiger charge is 2.25. The molecule has 0 spiro atoms. The SMILES string of the molecule is CNc1cnc(C(=O)N2CCC(N(C)C)CC2)cn1. The molecule has 6 heteroatoms. The number of nitrogens with zero attached hydrogens (tertiary/aromatic N) is 4. The van der Waals surface area contributed by atoms with E-state index in [-0.39, 0.29) is 5.91 Å². The van der Waals surface area contributed by atoms with E-state index in [4.69, 9.17) is 0 Å². The van der Waals surface area contributed by atoms with E-state index in [1.54, 1.807) is 13.2 Å². The molecule has 104 valence electrons. The summed E-state index contributed by atoms with van der Waals surface area (Å²) in [5.41, 5.74) is 0.419. The zero-order chi connectivity index (χ0) is 13.8. The zero-order valence-corrected chi connectivity index (χ0v) is 11.8. The molecular weight excluding hydrogens is 242 g/mol. The summed E-state index contributed by atoms with van der Waals surface area (Å²) in [6.45, 7) is 1.58. The topological polar surface area (TPSA) is 61.4 Å². The van der Waals surface area contributed by atoms with Gasteiger partial charge in [0, 0.05) is 26.2 Å². The molecule has 0 aromatic carbocycles. The van der Waals surface area contributed by atoms with Crippen LogP contribution in [0.1, 0.15) is 23.3 Å². The Morgan fingerprint density at radius 1 is 1.32 bits per heavy atom. The Morgan fingerprint density at radius 3 is 2.47 bits per heavy atom. The molecule has 0 saturated carbocycles. The number of carbonyl (C=O) groups excluding carboxylic acids is 1. The van der Waals surface area contributed by atoms with Crippen molar-refractivity contribution < 1.29 is 4.79 Å². The number of carbonyl (C=O) groups is 1. The van der Waals surface area contributed by atoms with Crippen molar-refractivity contribution in [3.05, 3.63) is 18.1 Å². The van der Waals surface area contributed by atoms with Crippen LogP contribution in [0.2, 0.25) is 0 Å². The lowest BCUT2D eigenvalue weighted by Gasteiger charge is -2.34. The van der Waals surface area contributed by atoms with E-state index in [1.807, 2.05) is 4.90 Å². The molecule has 1 aromatic heterocycles. The Balaban J connectivity index is 1.97. The van der Waals surface area contributed by atoms with Crippen LogP contribution < -0.4 is 5.32 Å². The van der Waals surface area contributed by atoms with E-state index in [9.17, 15) is 4.79 Å². The van der Waals surface area contributed by atoms with Crippen molar-refractivity contribution in [1.29, 1.82) is 0 Å². The third-order valence-electron chi connectivity index (χ3n) is 3.61. The summed E-state index contributed by atoms with van der Waals surface area (Å²) < 4.78 is 0. The number of likely N-dealkylation sites (tertiary alicyclic amines) is 1. The van der Waals surface area contributed by atoms with Crippen molar-refractivity contribution in [1.82, 2.24) is 19.8 Å². The second-order valence-corrected chi connectivity index (χ2v) is 5.02. The van der Waals surface area contributed by atoms with Crippen LogP contribution in [0.3, 0.4) is 0 Å². The second kappa shape index (κ2) is 5.97. The van der Waals surface area contributed by atoms with E-state index in [0.29, 0.717) is 17.6 Å². The quantitative estimate of drug-likeness (QED) is 0.869. The van der Waals surface area contributed by atoms with Gasteiger partial charge >= 0.3 is 0 Å². The molecule has 1 aliphatic rings.